The highest BCUT2D eigenvalue weighted by Gasteiger charge is 2.09. The number of hydrogen-bond acceptors (Lipinski definition) is 3. The zero-order valence-electron chi connectivity index (χ0n) is 17.0. The molecular formula is C24H23ClN2O2S. The number of para-hydroxylation sites is 1. The van der Waals surface area contributed by atoms with Gasteiger partial charge in [0.25, 0.3) is 0 Å². The van der Waals surface area contributed by atoms with Crippen LogP contribution in [0.3, 0.4) is 0 Å². The molecule has 0 atom stereocenters. The Morgan fingerprint density at radius 2 is 1.90 bits per heavy atom. The van der Waals surface area contributed by atoms with Gasteiger partial charge < -0.3 is 9.73 Å². The number of furan rings is 1. The summed E-state index contributed by atoms with van der Waals surface area (Å²) in [5, 5.41) is 6.66. The maximum atomic E-state index is 12.2. The lowest BCUT2D eigenvalue weighted by Gasteiger charge is -2.15. The highest BCUT2D eigenvalue weighted by Crippen LogP contribution is 2.27. The number of carbonyl (C=O) groups is 1. The molecule has 3 aromatic rings. The van der Waals surface area contributed by atoms with E-state index in [1.165, 1.54) is 6.08 Å². The van der Waals surface area contributed by atoms with Gasteiger partial charge in [0.1, 0.15) is 11.5 Å². The number of hydrogen-bond donors (Lipinski definition) is 2. The van der Waals surface area contributed by atoms with Crippen LogP contribution in [0.2, 0.25) is 5.02 Å². The van der Waals surface area contributed by atoms with Crippen molar-refractivity contribution in [2.24, 2.45) is 0 Å². The Bertz CT molecular complexity index is 1100. The van der Waals surface area contributed by atoms with Gasteiger partial charge in [0.15, 0.2) is 5.11 Å². The van der Waals surface area contributed by atoms with E-state index in [1.807, 2.05) is 55.5 Å². The predicted octanol–water partition coefficient (Wildman–Crippen LogP) is 6.56. The number of aryl methyl sites for hydroxylation is 1. The Balaban J connectivity index is 1.60. The zero-order chi connectivity index (χ0) is 21.7. The minimum Gasteiger partial charge on any atom is -0.457 e. The molecule has 1 heterocycles. The maximum Gasteiger partial charge on any atom is 0.250 e. The van der Waals surface area contributed by atoms with Gasteiger partial charge in [-0.3, -0.25) is 10.1 Å². The van der Waals surface area contributed by atoms with Crippen molar-refractivity contribution in [2.75, 3.05) is 5.32 Å². The van der Waals surface area contributed by atoms with Crippen LogP contribution >= 0.6 is 23.8 Å². The minimum absolute atomic E-state index is 0.243. The molecule has 30 heavy (non-hydrogen) atoms. The lowest BCUT2D eigenvalue weighted by Crippen LogP contribution is -2.33. The van der Waals surface area contributed by atoms with Crippen molar-refractivity contribution in [2.45, 2.75) is 26.7 Å². The molecule has 0 aliphatic carbocycles. The first-order valence-corrected chi connectivity index (χ1v) is 10.4. The van der Waals surface area contributed by atoms with Gasteiger partial charge in [0, 0.05) is 22.3 Å². The Labute approximate surface area is 186 Å². The molecule has 0 spiro atoms. The fourth-order valence-corrected chi connectivity index (χ4v) is 3.31. The largest absolute Gasteiger partial charge is 0.457 e. The monoisotopic (exact) mass is 438 g/mol. The molecule has 0 aliphatic rings. The summed E-state index contributed by atoms with van der Waals surface area (Å²) in [5.41, 5.74) is 3.89. The highest BCUT2D eigenvalue weighted by atomic mass is 35.5. The van der Waals surface area contributed by atoms with Crippen molar-refractivity contribution in [1.29, 1.82) is 0 Å². The summed E-state index contributed by atoms with van der Waals surface area (Å²) < 4.78 is 5.78. The SMILES string of the molecule is Cc1ccc(-c2ccc(/C=C/C(=O)NC(=S)Nc3ccccc3C(C)C)o2)cc1Cl. The lowest BCUT2D eigenvalue weighted by molar-refractivity contribution is -0.115. The Hall–Kier alpha value is -2.89. The molecule has 0 aliphatic heterocycles. The first kappa shape index (κ1) is 21.8. The second-order valence-electron chi connectivity index (χ2n) is 7.18. The number of amides is 1. The van der Waals surface area contributed by atoms with E-state index < -0.39 is 0 Å². The summed E-state index contributed by atoms with van der Waals surface area (Å²) in [6.07, 6.45) is 2.98. The summed E-state index contributed by atoms with van der Waals surface area (Å²) in [6, 6.07) is 17.2. The molecular weight excluding hydrogens is 416 g/mol. The first-order valence-electron chi connectivity index (χ1n) is 9.59. The smallest absolute Gasteiger partial charge is 0.250 e. The average Bonchev–Trinajstić information content (AvgIpc) is 3.18. The second-order valence-corrected chi connectivity index (χ2v) is 8.00. The van der Waals surface area contributed by atoms with Crippen LogP contribution in [0.25, 0.3) is 17.4 Å². The maximum absolute atomic E-state index is 12.2. The van der Waals surface area contributed by atoms with E-state index in [0.29, 0.717) is 22.5 Å². The Morgan fingerprint density at radius 3 is 2.63 bits per heavy atom. The predicted molar refractivity (Wildman–Crippen MR) is 128 cm³/mol. The number of benzene rings is 2. The molecule has 1 amide bonds. The molecule has 3 rings (SSSR count). The molecule has 0 saturated carbocycles. The van der Waals surface area contributed by atoms with E-state index in [4.69, 9.17) is 28.2 Å². The second kappa shape index (κ2) is 9.74. The Morgan fingerprint density at radius 1 is 1.13 bits per heavy atom. The first-order chi connectivity index (χ1) is 14.3. The van der Waals surface area contributed by atoms with Gasteiger partial charge in [-0.1, -0.05) is 55.8 Å². The van der Waals surface area contributed by atoms with E-state index in [0.717, 1.165) is 22.4 Å². The summed E-state index contributed by atoms with van der Waals surface area (Å²) in [5.74, 6) is 1.23. The molecule has 154 valence electrons. The van der Waals surface area contributed by atoms with Crippen molar-refractivity contribution in [1.82, 2.24) is 5.32 Å². The molecule has 0 unspecified atom stereocenters. The molecule has 6 heteroatoms. The van der Waals surface area contributed by atoms with E-state index >= 15 is 0 Å². The standard InChI is InChI=1S/C24H23ClN2O2S/c1-15(2)19-6-4-5-7-21(19)26-24(30)27-23(28)13-11-18-10-12-22(29-18)17-9-8-16(3)20(25)14-17/h4-15H,1-3H3,(H2,26,27,28,30)/b13-11+. The number of nitrogens with one attached hydrogen (secondary N) is 2. The van der Waals surface area contributed by atoms with Crippen molar-refractivity contribution >= 4 is 46.6 Å². The van der Waals surface area contributed by atoms with Crippen LogP contribution in [0.15, 0.2) is 65.1 Å². The van der Waals surface area contributed by atoms with Crippen LogP contribution in [0, 0.1) is 6.92 Å². The fourth-order valence-electron chi connectivity index (χ4n) is 2.92. The van der Waals surface area contributed by atoms with E-state index in [2.05, 4.69) is 24.5 Å². The van der Waals surface area contributed by atoms with Crippen molar-refractivity contribution in [3.05, 3.63) is 82.6 Å². The number of rotatable bonds is 5. The average molecular weight is 439 g/mol. The van der Waals surface area contributed by atoms with Gasteiger partial charge in [0.2, 0.25) is 5.91 Å². The lowest BCUT2D eigenvalue weighted by atomic mass is 10.0. The van der Waals surface area contributed by atoms with Gasteiger partial charge >= 0.3 is 0 Å². The van der Waals surface area contributed by atoms with Gasteiger partial charge in [0.05, 0.1) is 0 Å². The molecule has 2 aromatic carbocycles. The van der Waals surface area contributed by atoms with Gasteiger partial charge in [-0.05, 0) is 66.5 Å². The number of anilines is 1. The van der Waals surface area contributed by atoms with Crippen LogP contribution in [-0.2, 0) is 4.79 Å². The number of halogens is 1. The third-order valence-corrected chi connectivity index (χ3v) is 5.16. The normalized spacial score (nSPS) is 11.1. The third-order valence-electron chi connectivity index (χ3n) is 4.55. The molecule has 0 fully saturated rings. The summed E-state index contributed by atoms with van der Waals surface area (Å²) in [7, 11) is 0. The minimum atomic E-state index is -0.342. The Kier molecular flexibility index (Phi) is 7.08. The van der Waals surface area contributed by atoms with Crippen LogP contribution in [0.1, 0.15) is 36.7 Å². The van der Waals surface area contributed by atoms with E-state index in [1.54, 1.807) is 12.1 Å². The summed E-state index contributed by atoms with van der Waals surface area (Å²) >= 11 is 11.4. The van der Waals surface area contributed by atoms with Crippen molar-refractivity contribution in [3.63, 3.8) is 0 Å². The van der Waals surface area contributed by atoms with Crippen LogP contribution in [0.4, 0.5) is 5.69 Å². The van der Waals surface area contributed by atoms with Crippen LogP contribution in [-0.4, -0.2) is 11.0 Å². The van der Waals surface area contributed by atoms with Crippen molar-refractivity contribution in [3.8, 4) is 11.3 Å². The number of carbonyl (C=O) groups excluding carboxylic acids is 1. The van der Waals surface area contributed by atoms with E-state index in [-0.39, 0.29) is 11.0 Å². The highest BCUT2D eigenvalue weighted by molar-refractivity contribution is 7.80. The molecule has 0 saturated heterocycles. The molecule has 0 radical (unpaired) electrons. The summed E-state index contributed by atoms with van der Waals surface area (Å²) in [4.78, 5) is 12.2. The van der Waals surface area contributed by atoms with Crippen molar-refractivity contribution < 1.29 is 9.21 Å². The fraction of sp³-hybridized carbons (Fsp3) is 0.167. The third kappa shape index (κ3) is 5.59. The number of thiocarbonyl (C=S) groups is 1. The summed E-state index contributed by atoms with van der Waals surface area (Å²) in [6.45, 7) is 6.15. The quantitative estimate of drug-likeness (QED) is 0.350. The van der Waals surface area contributed by atoms with Gasteiger partial charge in [-0.15, -0.1) is 0 Å². The van der Waals surface area contributed by atoms with Crippen LogP contribution in [0.5, 0.6) is 0 Å². The zero-order valence-corrected chi connectivity index (χ0v) is 18.6. The topological polar surface area (TPSA) is 54.3 Å². The van der Waals surface area contributed by atoms with Gasteiger partial charge in [-0.2, -0.15) is 0 Å². The molecule has 4 nitrogen and oxygen atoms in total. The van der Waals surface area contributed by atoms with E-state index in [9.17, 15) is 4.79 Å². The van der Waals surface area contributed by atoms with Crippen LogP contribution < -0.4 is 10.6 Å². The van der Waals surface area contributed by atoms with Gasteiger partial charge in [-0.25, -0.2) is 0 Å². The molecule has 1 aromatic heterocycles. The molecule has 0 bridgehead atoms. The molecule has 2 N–H and O–H groups in total.